The average Bonchev–Trinajstić information content (AvgIpc) is 2.80. The number of anilines is 1. The molecule has 1 aromatic heterocycles. The van der Waals surface area contributed by atoms with Gasteiger partial charge in [-0.2, -0.15) is 0 Å². The summed E-state index contributed by atoms with van der Waals surface area (Å²) in [5.74, 6) is 0.488. The summed E-state index contributed by atoms with van der Waals surface area (Å²) in [6.07, 6.45) is 0.961. The lowest BCUT2D eigenvalue weighted by Crippen LogP contribution is -2.37. The molecule has 96 valence electrons. The molecule has 0 aliphatic carbocycles. The van der Waals surface area contributed by atoms with Crippen LogP contribution in [0.4, 0.5) is 5.82 Å². The van der Waals surface area contributed by atoms with Gasteiger partial charge in [0.25, 0.3) is 0 Å². The molecular formula is C13H17N3O2. The molecule has 1 fully saturated rings. The molecule has 0 bridgehead atoms. The van der Waals surface area contributed by atoms with E-state index in [4.69, 9.17) is 15.0 Å². The first-order valence-electron chi connectivity index (χ1n) is 6.27. The molecule has 0 saturated carbocycles. The van der Waals surface area contributed by atoms with E-state index < -0.39 is 0 Å². The number of hydrogen-bond donors (Lipinski definition) is 1. The molecule has 1 aliphatic heterocycles. The van der Waals surface area contributed by atoms with E-state index in [1.807, 2.05) is 12.1 Å². The lowest BCUT2D eigenvalue weighted by atomic mass is 10.1. The van der Waals surface area contributed by atoms with Crippen LogP contribution in [-0.4, -0.2) is 42.9 Å². The highest BCUT2D eigenvalue weighted by Gasteiger charge is 2.13. The van der Waals surface area contributed by atoms with E-state index in [2.05, 4.69) is 16.1 Å². The second-order valence-corrected chi connectivity index (χ2v) is 4.56. The highest BCUT2D eigenvalue weighted by atomic mass is 16.5. The van der Waals surface area contributed by atoms with Gasteiger partial charge in [-0.3, -0.25) is 4.90 Å². The van der Waals surface area contributed by atoms with Gasteiger partial charge >= 0.3 is 0 Å². The van der Waals surface area contributed by atoms with Gasteiger partial charge in [0.1, 0.15) is 0 Å². The van der Waals surface area contributed by atoms with Crippen LogP contribution in [0.1, 0.15) is 5.56 Å². The Morgan fingerprint density at radius 2 is 2.11 bits per heavy atom. The smallest absolute Gasteiger partial charge is 0.175 e. The summed E-state index contributed by atoms with van der Waals surface area (Å²) in [4.78, 5) is 2.41. The van der Waals surface area contributed by atoms with E-state index in [1.165, 1.54) is 5.56 Å². The largest absolute Gasteiger partial charge is 0.380 e. The number of nitrogen functional groups attached to an aromatic ring is 1. The quantitative estimate of drug-likeness (QED) is 0.885. The van der Waals surface area contributed by atoms with Crippen molar-refractivity contribution in [3.63, 3.8) is 0 Å². The van der Waals surface area contributed by atoms with Gasteiger partial charge in [0.2, 0.25) is 0 Å². The van der Waals surface area contributed by atoms with Gasteiger partial charge < -0.3 is 15.0 Å². The van der Waals surface area contributed by atoms with E-state index in [0.29, 0.717) is 5.82 Å². The molecular weight excluding hydrogens is 230 g/mol. The van der Waals surface area contributed by atoms with Gasteiger partial charge in [-0.1, -0.05) is 17.3 Å². The molecule has 1 saturated heterocycles. The summed E-state index contributed by atoms with van der Waals surface area (Å²) in [6.45, 7) is 4.70. The number of nitrogens with zero attached hydrogens (tertiary/aromatic N) is 2. The summed E-state index contributed by atoms with van der Waals surface area (Å²) < 4.78 is 10.5. The summed E-state index contributed by atoms with van der Waals surface area (Å²) in [6, 6.07) is 5.98. The zero-order valence-corrected chi connectivity index (χ0v) is 10.3. The first-order chi connectivity index (χ1) is 8.84. The monoisotopic (exact) mass is 247 g/mol. The predicted octanol–water partition coefficient (Wildman–Crippen LogP) is 1.28. The molecule has 5 nitrogen and oxygen atoms in total. The Morgan fingerprint density at radius 1 is 1.28 bits per heavy atom. The first-order valence-corrected chi connectivity index (χ1v) is 6.27. The number of ether oxygens (including phenoxy) is 1. The number of hydrogen-bond acceptors (Lipinski definition) is 5. The molecule has 1 aliphatic rings. The Balaban J connectivity index is 1.75. The van der Waals surface area contributed by atoms with E-state index in [9.17, 15) is 0 Å². The molecule has 0 unspecified atom stereocenters. The van der Waals surface area contributed by atoms with E-state index >= 15 is 0 Å². The molecule has 0 radical (unpaired) electrons. The van der Waals surface area contributed by atoms with E-state index in [-0.39, 0.29) is 0 Å². The molecule has 2 N–H and O–H groups in total. The fraction of sp³-hybridized carbons (Fsp3) is 0.462. The van der Waals surface area contributed by atoms with Crippen LogP contribution in [0.15, 0.2) is 22.7 Å². The van der Waals surface area contributed by atoms with Gasteiger partial charge in [-0.05, 0) is 18.1 Å². The second-order valence-electron chi connectivity index (χ2n) is 4.56. The Bertz CT molecular complexity index is 532. The maximum Gasteiger partial charge on any atom is 0.175 e. The van der Waals surface area contributed by atoms with Crippen molar-refractivity contribution >= 4 is 16.8 Å². The van der Waals surface area contributed by atoms with Crippen LogP contribution in [-0.2, 0) is 11.2 Å². The summed E-state index contributed by atoms with van der Waals surface area (Å²) in [7, 11) is 0. The van der Waals surface area contributed by atoms with Gasteiger partial charge in [0.05, 0.1) is 18.6 Å². The fourth-order valence-electron chi connectivity index (χ4n) is 2.40. The summed E-state index contributed by atoms with van der Waals surface area (Å²) in [5, 5.41) is 4.78. The predicted molar refractivity (Wildman–Crippen MR) is 69.4 cm³/mol. The third-order valence-corrected chi connectivity index (χ3v) is 3.41. The Morgan fingerprint density at radius 3 is 2.94 bits per heavy atom. The van der Waals surface area contributed by atoms with Crippen molar-refractivity contribution in [3.05, 3.63) is 23.8 Å². The molecule has 1 aromatic carbocycles. The van der Waals surface area contributed by atoms with Crippen molar-refractivity contribution in [1.82, 2.24) is 10.1 Å². The zero-order chi connectivity index (χ0) is 12.4. The van der Waals surface area contributed by atoms with Crippen molar-refractivity contribution in [2.75, 3.05) is 38.6 Å². The summed E-state index contributed by atoms with van der Waals surface area (Å²) in [5.41, 5.74) is 7.82. The number of rotatable bonds is 3. The minimum absolute atomic E-state index is 0.488. The Hall–Kier alpha value is -1.59. The Labute approximate surface area is 105 Å². The minimum Gasteiger partial charge on any atom is -0.380 e. The molecule has 5 heteroatoms. The first kappa shape index (κ1) is 11.5. The summed E-state index contributed by atoms with van der Waals surface area (Å²) >= 11 is 0. The number of benzene rings is 1. The van der Waals surface area contributed by atoms with Crippen LogP contribution >= 0.6 is 0 Å². The topological polar surface area (TPSA) is 64.5 Å². The zero-order valence-electron chi connectivity index (χ0n) is 10.3. The maximum atomic E-state index is 5.85. The van der Waals surface area contributed by atoms with E-state index in [1.54, 1.807) is 0 Å². The third kappa shape index (κ3) is 2.19. The fourth-order valence-corrected chi connectivity index (χ4v) is 2.40. The van der Waals surface area contributed by atoms with Gasteiger partial charge in [0.15, 0.2) is 11.4 Å². The van der Waals surface area contributed by atoms with Crippen molar-refractivity contribution in [1.29, 1.82) is 0 Å². The van der Waals surface area contributed by atoms with Crippen LogP contribution in [0.25, 0.3) is 11.0 Å². The van der Waals surface area contributed by atoms with Crippen LogP contribution in [0, 0.1) is 0 Å². The minimum atomic E-state index is 0.488. The number of fused-ring (bicyclic) bond motifs is 1. The normalized spacial score (nSPS) is 17.3. The molecule has 0 atom stereocenters. The van der Waals surface area contributed by atoms with Crippen molar-refractivity contribution in [2.45, 2.75) is 6.42 Å². The number of aromatic nitrogens is 1. The van der Waals surface area contributed by atoms with Crippen LogP contribution in [0.5, 0.6) is 0 Å². The highest BCUT2D eigenvalue weighted by molar-refractivity contribution is 5.90. The molecule has 0 spiro atoms. The van der Waals surface area contributed by atoms with Crippen molar-refractivity contribution in [3.8, 4) is 0 Å². The lowest BCUT2D eigenvalue weighted by Gasteiger charge is -2.26. The van der Waals surface area contributed by atoms with Crippen LogP contribution < -0.4 is 5.73 Å². The maximum absolute atomic E-state index is 5.85. The van der Waals surface area contributed by atoms with Crippen LogP contribution in [0.3, 0.4) is 0 Å². The molecule has 18 heavy (non-hydrogen) atoms. The standard InChI is InChI=1S/C13H17N3O2/c14-13-12-10(2-1-3-11(12)18-15-13)4-5-16-6-8-17-9-7-16/h1-3H,4-9H2,(H2,14,15). The molecule has 0 amide bonds. The van der Waals surface area contributed by atoms with E-state index in [0.717, 1.165) is 50.2 Å². The van der Waals surface area contributed by atoms with Crippen molar-refractivity contribution < 1.29 is 9.26 Å². The SMILES string of the molecule is Nc1noc2cccc(CCN3CCOCC3)c12. The highest BCUT2D eigenvalue weighted by Crippen LogP contribution is 2.24. The van der Waals surface area contributed by atoms with Crippen LogP contribution in [0.2, 0.25) is 0 Å². The third-order valence-electron chi connectivity index (χ3n) is 3.41. The number of nitrogens with two attached hydrogens (primary N) is 1. The average molecular weight is 247 g/mol. The van der Waals surface area contributed by atoms with Gasteiger partial charge in [-0.15, -0.1) is 0 Å². The molecule has 2 aromatic rings. The lowest BCUT2D eigenvalue weighted by molar-refractivity contribution is 0.0385. The van der Waals surface area contributed by atoms with Gasteiger partial charge in [0, 0.05) is 19.6 Å². The van der Waals surface area contributed by atoms with Crippen molar-refractivity contribution in [2.24, 2.45) is 0 Å². The Kier molecular flexibility index (Phi) is 3.17. The molecule has 3 rings (SSSR count). The van der Waals surface area contributed by atoms with Gasteiger partial charge in [-0.25, -0.2) is 0 Å². The second kappa shape index (κ2) is 4.96. The number of morpholine rings is 1. The molecule has 2 heterocycles.